The van der Waals surface area contributed by atoms with Crippen LogP contribution in [0.1, 0.15) is 30.0 Å². The van der Waals surface area contributed by atoms with Crippen LogP contribution < -0.4 is 21.0 Å². The number of ether oxygens (including phenoxy) is 1. The van der Waals surface area contributed by atoms with Gasteiger partial charge in [0.25, 0.3) is 5.91 Å². The fourth-order valence-electron chi connectivity index (χ4n) is 3.39. The lowest BCUT2D eigenvalue weighted by Crippen LogP contribution is -2.43. The summed E-state index contributed by atoms with van der Waals surface area (Å²) in [6.07, 6.45) is 1.33. The zero-order chi connectivity index (χ0) is 21.1. The van der Waals surface area contributed by atoms with Crippen LogP contribution in [0.15, 0.2) is 21.3 Å². The highest BCUT2D eigenvalue weighted by molar-refractivity contribution is 5.91. The van der Waals surface area contributed by atoms with Crippen LogP contribution >= 0.6 is 0 Å². The van der Waals surface area contributed by atoms with E-state index >= 15 is 0 Å². The molecule has 1 atom stereocenters. The van der Waals surface area contributed by atoms with Crippen LogP contribution in [0.4, 0.5) is 0 Å². The summed E-state index contributed by atoms with van der Waals surface area (Å²) in [6.45, 7) is 2.49. The average molecular weight is 402 g/mol. The van der Waals surface area contributed by atoms with Gasteiger partial charge in [0, 0.05) is 5.56 Å². The topological polar surface area (TPSA) is 135 Å². The fourth-order valence-corrected chi connectivity index (χ4v) is 3.39. The van der Waals surface area contributed by atoms with Crippen LogP contribution in [0.3, 0.4) is 0 Å². The van der Waals surface area contributed by atoms with E-state index in [2.05, 4.69) is 10.6 Å². The number of aryl methyl sites for hydroxylation is 2. The molecule has 2 aromatic rings. The first-order valence-corrected chi connectivity index (χ1v) is 9.28. The standard InChI is InChI=1S/C20H22N2O7/c1-10-6-14(18-12-4-3-5-13(12)20(27)29-15(18)7-10)28-11(2)19(26)22-8-16(23)21-9-17(24)25/h6-7,11H,3-5,8-9H2,1-2H3,(H,21,23)(H,22,26)(H,24,25)/t11-/m1/s1. The molecular formula is C20H22N2O7. The van der Waals surface area contributed by atoms with Crippen molar-refractivity contribution in [2.45, 2.75) is 39.2 Å². The number of carbonyl (C=O) groups is 3. The lowest BCUT2D eigenvalue weighted by Gasteiger charge is -2.17. The Bertz CT molecular complexity index is 1040. The number of carboxylic acids is 1. The van der Waals surface area contributed by atoms with Crippen molar-refractivity contribution in [3.8, 4) is 5.75 Å². The van der Waals surface area contributed by atoms with Crippen molar-refractivity contribution < 1.29 is 28.6 Å². The quantitative estimate of drug-likeness (QED) is 0.580. The second kappa shape index (κ2) is 8.34. The minimum absolute atomic E-state index is 0.334. The third kappa shape index (κ3) is 4.56. The first-order valence-electron chi connectivity index (χ1n) is 9.28. The normalized spacial score (nSPS) is 13.6. The summed E-state index contributed by atoms with van der Waals surface area (Å²) in [4.78, 5) is 46.4. The van der Waals surface area contributed by atoms with Gasteiger partial charge < -0.3 is 24.9 Å². The van der Waals surface area contributed by atoms with E-state index in [-0.39, 0.29) is 12.2 Å². The summed E-state index contributed by atoms with van der Waals surface area (Å²) in [5.41, 5.74) is 2.45. The number of hydrogen-bond donors (Lipinski definition) is 3. The molecule has 1 heterocycles. The van der Waals surface area contributed by atoms with Gasteiger partial charge in [-0.3, -0.25) is 14.4 Å². The molecule has 0 spiro atoms. The second-order valence-electron chi connectivity index (χ2n) is 6.98. The molecule has 1 aromatic heterocycles. The van der Waals surface area contributed by atoms with Gasteiger partial charge in [-0.25, -0.2) is 4.79 Å². The van der Waals surface area contributed by atoms with Crippen molar-refractivity contribution in [3.63, 3.8) is 0 Å². The van der Waals surface area contributed by atoms with Crippen LogP contribution in [-0.4, -0.2) is 42.1 Å². The van der Waals surface area contributed by atoms with Gasteiger partial charge in [0.15, 0.2) is 6.10 Å². The monoisotopic (exact) mass is 402 g/mol. The number of hydrogen-bond acceptors (Lipinski definition) is 6. The van der Waals surface area contributed by atoms with Crippen LogP contribution in [0, 0.1) is 6.92 Å². The van der Waals surface area contributed by atoms with Crippen LogP contribution in [0.2, 0.25) is 0 Å². The predicted octanol–water partition coefficient (Wildman–Crippen LogP) is 0.674. The van der Waals surface area contributed by atoms with Gasteiger partial charge >= 0.3 is 11.6 Å². The van der Waals surface area contributed by atoms with Crippen LogP contribution in [0.5, 0.6) is 5.75 Å². The Kier molecular flexibility index (Phi) is 5.86. The van der Waals surface area contributed by atoms with Gasteiger partial charge in [-0.1, -0.05) is 0 Å². The van der Waals surface area contributed by atoms with E-state index in [0.717, 1.165) is 24.0 Å². The molecule has 9 heteroatoms. The summed E-state index contributed by atoms with van der Waals surface area (Å²) < 4.78 is 11.3. The SMILES string of the molecule is Cc1cc(O[C@H](C)C(=O)NCC(=O)NCC(=O)O)c2c3c(c(=O)oc2c1)CCC3. The number of carbonyl (C=O) groups excluding carboxylic acids is 2. The maximum Gasteiger partial charge on any atom is 0.339 e. The van der Waals surface area contributed by atoms with Crippen LogP contribution in [0.25, 0.3) is 11.0 Å². The lowest BCUT2D eigenvalue weighted by atomic mass is 10.0. The number of nitrogens with one attached hydrogen (secondary N) is 2. The zero-order valence-corrected chi connectivity index (χ0v) is 16.2. The minimum atomic E-state index is -1.17. The van der Waals surface area contributed by atoms with Crippen molar-refractivity contribution in [2.75, 3.05) is 13.1 Å². The van der Waals surface area contributed by atoms with E-state index in [1.165, 1.54) is 6.92 Å². The van der Waals surface area contributed by atoms with Crippen molar-refractivity contribution in [3.05, 3.63) is 39.2 Å². The minimum Gasteiger partial charge on any atom is -0.480 e. The largest absolute Gasteiger partial charge is 0.480 e. The highest BCUT2D eigenvalue weighted by Crippen LogP contribution is 2.35. The summed E-state index contributed by atoms with van der Waals surface area (Å²) in [7, 11) is 0. The van der Waals surface area contributed by atoms with Gasteiger partial charge in [0.05, 0.1) is 11.9 Å². The molecule has 1 aliphatic rings. The van der Waals surface area contributed by atoms with E-state index in [1.54, 1.807) is 12.1 Å². The smallest absolute Gasteiger partial charge is 0.339 e. The van der Waals surface area contributed by atoms with E-state index in [0.29, 0.717) is 28.7 Å². The van der Waals surface area contributed by atoms with Crippen LogP contribution in [-0.2, 0) is 27.2 Å². The third-order valence-corrected chi connectivity index (χ3v) is 4.71. The van der Waals surface area contributed by atoms with E-state index in [9.17, 15) is 19.2 Å². The highest BCUT2D eigenvalue weighted by atomic mass is 16.5. The molecule has 3 rings (SSSR count). The Morgan fingerprint density at radius 3 is 2.62 bits per heavy atom. The first-order chi connectivity index (χ1) is 13.8. The number of rotatable bonds is 7. The molecule has 1 aliphatic carbocycles. The average Bonchev–Trinajstić information content (AvgIpc) is 3.14. The molecule has 154 valence electrons. The summed E-state index contributed by atoms with van der Waals surface area (Å²) in [5, 5.41) is 13.8. The van der Waals surface area contributed by atoms with Gasteiger partial charge in [-0.2, -0.15) is 0 Å². The maximum atomic E-state index is 12.3. The number of fused-ring (bicyclic) bond motifs is 3. The molecule has 0 unspecified atom stereocenters. The highest BCUT2D eigenvalue weighted by Gasteiger charge is 2.24. The summed E-state index contributed by atoms with van der Waals surface area (Å²) in [5.74, 6) is -1.88. The molecule has 0 radical (unpaired) electrons. The Balaban J connectivity index is 1.76. The third-order valence-electron chi connectivity index (χ3n) is 4.71. The number of aliphatic carboxylic acids is 1. The molecule has 0 aliphatic heterocycles. The number of carboxylic acid groups (broad SMARTS) is 1. The Labute approximate surface area is 166 Å². The summed E-state index contributed by atoms with van der Waals surface area (Å²) >= 11 is 0. The Morgan fingerprint density at radius 1 is 1.17 bits per heavy atom. The predicted molar refractivity (Wildman–Crippen MR) is 103 cm³/mol. The molecular weight excluding hydrogens is 380 g/mol. The van der Waals surface area contributed by atoms with E-state index in [4.69, 9.17) is 14.3 Å². The molecule has 9 nitrogen and oxygen atoms in total. The zero-order valence-electron chi connectivity index (χ0n) is 16.2. The molecule has 0 fully saturated rings. The van der Waals surface area contributed by atoms with Gasteiger partial charge in [-0.05, 0) is 56.4 Å². The summed E-state index contributed by atoms with van der Waals surface area (Å²) in [6, 6.07) is 3.55. The first kappa shape index (κ1) is 20.4. The molecule has 0 bridgehead atoms. The molecule has 0 saturated heterocycles. The maximum absolute atomic E-state index is 12.3. The molecule has 1 aromatic carbocycles. The van der Waals surface area contributed by atoms with Crippen molar-refractivity contribution in [1.29, 1.82) is 0 Å². The molecule has 2 amide bonds. The van der Waals surface area contributed by atoms with Crippen molar-refractivity contribution >= 4 is 28.8 Å². The molecule has 0 saturated carbocycles. The molecule has 29 heavy (non-hydrogen) atoms. The van der Waals surface area contributed by atoms with Crippen molar-refractivity contribution in [1.82, 2.24) is 10.6 Å². The second-order valence-corrected chi connectivity index (χ2v) is 6.98. The van der Waals surface area contributed by atoms with Gasteiger partial charge in [0.2, 0.25) is 5.91 Å². The number of amides is 2. The Morgan fingerprint density at radius 2 is 1.90 bits per heavy atom. The van der Waals surface area contributed by atoms with E-state index < -0.39 is 30.4 Å². The van der Waals surface area contributed by atoms with E-state index in [1.807, 2.05) is 6.92 Å². The lowest BCUT2D eigenvalue weighted by molar-refractivity contribution is -0.137. The van der Waals surface area contributed by atoms with Gasteiger partial charge in [0.1, 0.15) is 17.9 Å². The van der Waals surface area contributed by atoms with Gasteiger partial charge in [-0.15, -0.1) is 0 Å². The number of benzene rings is 1. The molecule has 3 N–H and O–H groups in total. The van der Waals surface area contributed by atoms with Crippen molar-refractivity contribution in [2.24, 2.45) is 0 Å². The Hall–Kier alpha value is -3.36. The fraction of sp³-hybridized carbons (Fsp3) is 0.400.